The van der Waals surface area contributed by atoms with Gasteiger partial charge in [0, 0.05) is 36.8 Å². The fourth-order valence-corrected chi connectivity index (χ4v) is 3.79. The number of aromatic carboxylic acids is 1. The molecule has 0 radical (unpaired) electrons. The topological polar surface area (TPSA) is 77.9 Å². The van der Waals surface area contributed by atoms with Crippen LogP contribution in [-0.4, -0.2) is 58.4 Å². The predicted molar refractivity (Wildman–Crippen MR) is 110 cm³/mol. The van der Waals surface area contributed by atoms with E-state index in [4.69, 9.17) is 0 Å². The van der Waals surface area contributed by atoms with Gasteiger partial charge in [0.2, 0.25) is 0 Å². The summed E-state index contributed by atoms with van der Waals surface area (Å²) in [5.74, 6) is -1.18. The summed E-state index contributed by atoms with van der Waals surface area (Å²) < 4.78 is 0. The first-order chi connectivity index (χ1) is 14.0. The van der Waals surface area contributed by atoms with Crippen molar-refractivity contribution >= 4 is 17.8 Å². The van der Waals surface area contributed by atoms with Crippen LogP contribution in [0.1, 0.15) is 57.3 Å². The number of piperidine rings is 1. The summed E-state index contributed by atoms with van der Waals surface area (Å²) in [7, 11) is 0. The van der Waals surface area contributed by atoms with Gasteiger partial charge < -0.3 is 14.9 Å². The van der Waals surface area contributed by atoms with Gasteiger partial charge in [0.25, 0.3) is 11.8 Å². The lowest BCUT2D eigenvalue weighted by molar-refractivity contribution is 0.0519. The van der Waals surface area contributed by atoms with Gasteiger partial charge in [0.1, 0.15) is 0 Å². The molecule has 6 heteroatoms. The zero-order valence-electron chi connectivity index (χ0n) is 16.6. The van der Waals surface area contributed by atoms with Crippen LogP contribution in [0, 0.1) is 0 Å². The largest absolute Gasteiger partial charge is 0.478 e. The third kappa shape index (κ3) is 4.83. The molecule has 0 bridgehead atoms. The minimum Gasteiger partial charge on any atom is -0.478 e. The van der Waals surface area contributed by atoms with Crippen LogP contribution in [0.4, 0.5) is 0 Å². The Morgan fingerprint density at radius 1 is 0.966 bits per heavy atom. The van der Waals surface area contributed by atoms with Crippen LogP contribution < -0.4 is 0 Å². The first kappa shape index (κ1) is 20.6. The van der Waals surface area contributed by atoms with Crippen molar-refractivity contribution in [2.24, 2.45) is 0 Å². The van der Waals surface area contributed by atoms with E-state index in [1.54, 1.807) is 12.1 Å². The predicted octanol–water partition coefficient (Wildman–Crippen LogP) is 3.54. The monoisotopic (exact) mass is 394 g/mol. The molecule has 1 aliphatic rings. The molecule has 2 aromatic carbocycles. The number of benzene rings is 2. The summed E-state index contributed by atoms with van der Waals surface area (Å²) in [6.45, 7) is 3.82. The number of carbonyl (C=O) groups excluding carboxylic acids is 2. The van der Waals surface area contributed by atoms with Crippen LogP contribution in [0.25, 0.3) is 0 Å². The van der Waals surface area contributed by atoms with Crippen molar-refractivity contribution in [3.63, 3.8) is 0 Å². The van der Waals surface area contributed by atoms with Gasteiger partial charge in [-0.1, -0.05) is 31.2 Å². The zero-order valence-corrected chi connectivity index (χ0v) is 16.6. The summed E-state index contributed by atoms with van der Waals surface area (Å²) in [5.41, 5.74) is 1.18. The van der Waals surface area contributed by atoms with Gasteiger partial charge in [0.05, 0.1) is 5.56 Å². The molecular formula is C23H26N2O4. The molecule has 6 nitrogen and oxygen atoms in total. The van der Waals surface area contributed by atoms with E-state index in [1.165, 1.54) is 12.1 Å². The second kappa shape index (κ2) is 9.37. The van der Waals surface area contributed by atoms with Gasteiger partial charge in [-0.2, -0.15) is 0 Å². The van der Waals surface area contributed by atoms with Crippen molar-refractivity contribution in [3.8, 4) is 0 Å². The number of nitrogens with zero attached hydrogens (tertiary/aromatic N) is 2. The Morgan fingerprint density at radius 3 is 2.21 bits per heavy atom. The maximum absolute atomic E-state index is 13.1. The Labute approximate surface area is 170 Å². The van der Waals surface area contributed by atoms with E-state index in [-0.39, 0.29) is 23.4 Å². The number of rotatable bonds is 6. The highest BCUT2D eigenvalue weighted by Gasteiger charge is 2.30. The molecule has 0 spiro atoms. The molecule has 29 heavy (non-hydrogen) atoms. The summed E-state index contributed by atoms with van der Waals surface area (Å²) in [5, 5.41) is 9.19. The Morgan fingerprint density at radius 2 is 1.59 bits per heavy atom. The molecular weight excluding hydrogens is 368 g/mol. The molecule has 0 saturated carbocycles. The summed E-state index contributed by atoms with van der Waals surface area (Å²) in [6.07, 6.45) is 2.24. The number of carboxylic acids is 1. The highest BCUT2D eigenvalue weighted by molar-refractivity contribution is 5.97. The number of hydrogen-bond acceptors (Lipinski definition) is 3. The number of hydrogen-bond donors (Lipinski definition) is 1. The van der Waals surface area contributed by atoms with Crippen molar-refractivity contribution in [3.05, 3.63) is 71.3 Å². The van der Waals surface area contributed by atoms with E-state index in [0.29, 0.717) is 43.6 Å². The fraction of sp³-hybridized carbons (Fsp3) is 0.348. The van der Waals surface area contributed by atoms with E-state index in [9.17, 15) is 19.5 Å². The third-order valence-corrected chi connectivity index (χ3v) is 5.30. The standard InChI is InChI=1S/C23H26N2O4/c1-2-13-25(22(27)18-9-6-10-19(16-18)23(28)29)20-11-14-24(15-12-20)21(26)17-7-4-3-5-8-17/h3-10,16,20H,2,11-15H2,1H3,(H,28,29). The number of carbonyl (C=O) groups is 3. The Bertz CT molecular complexity index is 873. The second-order valence-corrected chi connectivity index (χ2v) is 7.27. The van der Waals surface area contributed by atoms with Crippen LogP contribution in [0.3, 0.4) is 0 Å². The normalized spacial score (nSPS) is 14.4. The molecule has 152 valence electrons. The number of likely N-dealkylation sites (tertiary alicyclic amines) is 1. The second-order valence-electron chi connectivity index (χ2n) is 7.27. The van der Waals surface area contributed by atoms with Gasteiger partial charge in [0.15, 0.2) is 0 Å². The average molecular weight is 394 g/mol. The quantitative estimate of drug-likeness (QED) is 0.813. The molecule has 1 heterocycles. The Balaban J connectivity index is 1.69. The Hall–Kier alpha value is -3.15. The molecule has 0 aromatic heterocycles. The van der Waals surface area contributed by atoms with E-state index < -0.39 is 5.97 Å². The van der Waals surface area contributed by atoms with Gasteiger partial charge in [-0.05, 0) is 49.6 Å². The van der Waals surface area contributed by atoms with Crippen LogP contribution in [0.5, 0.6) is 0 Å². The fourth-order valence-electron chi connectivity index (χ4n) is 3.79. The number of amides is 2. The van der Waals surface area contributed by atoms with Crippen molar-refractivity contribution in [1.29, 1.82) is 0 Å². The molecule has 1 fully saturated rings. The van der Waals surface area contributed by atoms with Gasteiger partial charge in [-0.15, -0.1) is 0 Å². The van der Waals surface area contributed by atoms with E-state index >= 15 is 0 Å². The molecule has 0 atom stereocenters. The maximum Gasteiger partial charge on any atom is 0.335 e. The maximum atomic E-state index is 13.1. The van der Waals surface area contributed by atoms with Crippen molar-refractivity contribution in [1.82, 2.24) is 9.80 Å². The minimum atomic E-state index is -1.05. The minimum absolute atomic E-state index is 0.0200. The number of carboxylic acid groups (broad SMARTS) is 1. The van der Waals surface area contributed by atoms with Crippen molar-refractivity contribution < 1.29 is 19.5 Å². The van der Waals surface area contributed by atoms with Gasteiger partial charge >= 0.3 is 5.97 Å². The first-order valence-electron chi connectivity index (χ1n) is 10.00. The molecule has 1 aliphatic heterocycles. The van der Waals surface area contributed by atoms with Gasteiger partial charge in [-0.25, -0.2) is 4.79 Å². The van der Waals surface area contributed by atoms with Crippen LogP contribution in [0.15, 0.2) is 54.6 Å². The first-order valence-corrected chi connectivity index (χ1v) is 10.00. The van der Waals surface area contributed by atoms with E-state index in [0.717, 1.165) is 6.42 Å². The van der Waals surface area contributed by atoms with Crippen molar-refractivity contribution in [2.75, 3.05) is 19.6 Å². The molecule has 0 unspecified atom stereocenters. The van der Waals surface area contributed by atoms with Crippen LogP contribution >= 0.6 is 0 Å². The molecule has 2 amide bonds. The molecule has 0 aliphatic carbocycles. The third-order valence-electron chi connectivity index (χ3n) is 5.30. The van der Waals surface area contributed by atoms with Crippen LogP contribution in [-0.2, 0) is 0 Å². The summed E-state index contributed by atoms with van der Waals surface area (Å²) >= 11 is 0. The summed E-state index contributed by atoms with van der Waals surface area (Å²) in [4.78, 5) is 40.7. The lowest BCUT2D eigenvalue weighted by Crippen LogP contribution is -2.49. The molecule has 1 saturated heterocycles. The summed E-state index contributed by atoms with van der Waals surface area (Å²) in [6, 6.07) is 15.4. The smallest absolute Gasteiger partial charge is 0.335 e. The SMILES string of the molecule is CCCN(C(=O)c1cccc(C(=O)O)c1)C1CCN(C(=O)c2ccccc2)CC1. The lowest BCUT2D eigenvalue weighted by Gasteiger charge is -2.38. The van der Waals surface area contributed by atoms with E-state index in [2.05, 4.69) is 0 Å². The molecule has 1 N–H and O–H groups in total. The van der Waals surface area contributed by atoms with Gasteiger partial charge in [-0.3, -0.25) is 9.59 Å². The molecule has 3 rings (SSSR count). The average Bonchev–Trinajstić information content (AvgIpc) is 2.77. The highest BCUT2D eigenvalue weighted by Crippen LogP contribution is 2.21. The van der Waals surface area contributed by atoms with Crippen molar-refractivity contribution in [2.45, 2.75) is 32.2 Å². The highest BCUT2D eigenvalue weighted by atomic mass is 16.4. The van der Waals surface area contributed by atoms with E-state index in [1.807, 2.05) is 47.1 Å². The zero-order chi connectivity index (χ0) is 20.8. The molecule has 2 aromatic rings. The van der Waals surface area contributed by atoms with Crippen LogP contribution in [0.2, 0.25) is 0 Å². The Kier molecular flexibility index (Phi) is 6.65. The lowest BCUT2D eigenvalue weighted by atomic mass is 10.00.